The molecule has 1 atom stereocenters. The second-order valence-corrected chi connectivity index (χ2v) is 8.34. The summed E-state index contributed by atoms with van der Waals surface area (Å²) in [5.41, 5.74) is 3.17. The lowest BCUT2D eigenvalue weighted by molar-refractivity contribution is 0.244. The zero-order valence-electron chi connectivity index (χ0n) is 18.8. The van der Waals surface area contributed by atoms with E-state index in [9.17, 15) is 9.18 Å². The molecule has 0 spiro atoms. The maximum absolute atomic E-state index is 13.4. The van der Waals surface area contributed by atoms with Gasteiger partial charge in [-0.2, -0.15) is 4.98 Å². The third-order valence-corrected chi connectivity index (χ3v) is 5.97. The number of rotatable bonds is 5. The number of urea groups is 1. The molecule has 0 fully saturated rings. The van der Waals surface area contributed by atoms with Crippen LogP contribution in [-0.4, -0.2) is 23.3 Å². The number of nitrogens with one attached hydrogen (secondary N) is 1. The number of amides is 2. The van der Waals surface area contributed by atoms with Gasteiger partial charge < -0.3 is 14.6 Å². The first-order chi connectivity index (χ1) is 16.9. The van der Waals surface area contributed by atoms with E-state index in [1.807, 2.05) is 19.1 Å². The molecule has 0 radical (unpaired) electrons. The van der Waals surface area contributed by atoms with Crippen molar-refractivity contribution >= 4 is 28.9 Å². The highest BCUT2D eigenvalue weighted by Crippen LogP contribution is 2.40. The zero-order chi connectivity index (χ0) is 24.5. The van der Waals surface area contributed by atoms with Gasteiger partial charge in [0.15, 0.2) is 0 Å². The van der Waals surface area contributed by atoms with Gasteiger partial charge in [0.25, 0.3) is 5.89 Å². The molecular weight excluding hydrogens is 471 g/mol. The van der Waals surface area contributed by atoms with E-state index in [0.29, 0.717) is 39.1 Å². The van der Waals surface area contributed by atoms with Gasteiger partial charge in [0.05, 0.1) is 24.4 Å². The molecule has 2 heterocycles. The lowest BCUT2D eigenvalue weighted by Gasteiger charge is -2.35. The predicted octanol–water partition coefficient (Wildman–Crippen LogP) is 6.24. The molecule has 0 saturated heterocycles. The summed E-state index contributed by atoms with van der Waals surface area (Å²) >= 11 is 6.25. The second-order valence-electron chi connectivity index (χ2n) is 7.90. The molecule has 0 bridgehead atoms. The van der Waals surface area contributed by atoms with Crippen LogP contribution in [0, 0.1) is 5.82 Å². The lowest BCUT2D eigenvalue weighted by atomic mass is 9.94. The number of halogens is 2. The summed E-state index contributed by atoms with van der Waals surface area (Å²) in [6, 6.07) is 19.3. The summed E-state index contributed by atoms with van der Waals surface area (Å²) in [7, 11) is 1.56. The number of allylic oxidation sites excluding steroid dienone is 1. The molecule has 5 rings (SSSR count). The monoisotopic (exact) mass is 490 g/mol. The molecule has 7 nitrogen and oxygen atoms in total. The molecule has 3 aromatic carbocycles. The Bertz CT molecular complexity index is 1430. The first kappa shape index (κ1) is 22.6. The maximum Gasteiger partial charge on any atom is 0.327 e. The van der Waals surface area contributed by atoms with E-state index >= 15 is 0 Å². The smallest absolute Gasteiger partial charge is 0.327 e. The van der Waals surface area contributed by atoms with E-state index in [4.69, 9.17) is 20.9 Å². The molecule has 1 N–H and O–H groups in total. The first-order valence-electron chi connectivity index (χ1n) is 10.8. The number of carbonyl (C=O) groups excluding carboxylic acids is 1. The Morgan fingerprint density at radius 3 is 2.60 bits per heavy atom. The topological polar surface area (TPSA) is 80.5 Å². The van der Waals surface area contributed by atoms with Gasteiger partial charge in [-0.05, 0) is 61.0 Å². The highest BCUT2D eigenvalue weighted by Gasteiger charge is 2.36. The molecule has 1 aromatic heterocycles. The van der Waals surface area contributed by atoms with E-state index < -0.39 is 6.04 Å². The van der Waals surface area contributed by atoms with Crippen LogP contribution in [0.25, 0.3) is 17.0 Å². The number of aromatic nitrogens is 2. The number of nitrogens with zero attached hydrogens (tertiary/aromatic N) is 3. The standard InChI is InChI=1S/C26H20ClFN4O3/c1-15-22(25-30-24(31-35-25)16-9-11-19(28)12-10-16)23(17-5-3-6-18(27)13-17)29-26(33)32(15)20-7-4-8-21(14-20)34-2/h3-14,23H,1-2H3,(H,29,33). The van der Waals surface area contributed by atoms with E-state index in [1.165, 1.54) is 17.0 Å². The number of anilines is 1. The van der Waals surface area contributed by atoms with E-state index in [0.717, 1.165) is 5.56 Å². The fourth-order valence-electron chi connectivity index (χ4n) is 4.07. The molecule has 176 valence electrons. The number of carbonyl (C=O) groups is 1. The van der Waals surface area contributed by atoms with Crippen LogP contribution in [0.1, 0.15) is 24.4 Å². The Labute approximate surface area is 205 Å². The summed E-state index contributed by atoms with van der Waals surface area (Å²) in [4.78, 5) is 19.4. The molecule has 2 amide bonds. The zero-order valence-corrected chi connectivity index (χ0v) is 19.6. The summed E-state index contributed by atoms with van der Waals surface area (Å²) in [6.45, 7) is 1.81. The Morgan fingerprint density at radius 2 is 1.86 bits per heavy atom. The molecule has 0 saturated carbocycles. The van der Waals surface area contributed by atoms with Crippen LogP contribution in [-0.2, 0) is 0 Å². The molecule has 9 heteroatoms. The molecule has 1 unspecified atom stereocenters. The van der Waals surface area contributed by atoms with Crippen LogP contribution in [0.5, 0.6) is 5.75 Å². The largest absolute Gasteiger partial charge is 0.497 e. The molecular formula is C26H20ClFN4O3. The highest BCUT2D eigenvalue weighted by atomic mass is 35.5. The summed E-state index contributed by atoms with van der Waals surface area (Å²) in [5, 5.41) is 7.66. The van der Waals surface area contributed by atoms with Gasteiger partial charge in [-0.3, -0.25) is 4.90 Å². The summed E-state index contributed by atoms with van der Waals surface area (Å²) in [6.07, 6.45) is 0. The van der Waals surface area contributed by atoms with E-state index in [1.54, 1.807) is 55.6 Å². The average molecular weight is 491 g/mol. The summed E-state index contributed by atoms with van der Waals surface area (Å²) < 4.78 is 24.4. The van der Waals surface area contributed by atoms with Gasteiger partial charge in [-0.25, -0.2) is 9.18 Å². The van der Waals surface area contributed by atoms with Gasteiger partial charge in [-0.15, -0.1) is 0 Å². The quantitative estimate of drug-likeness (QED) is 0.358. The minimum absolute atomic E-state index is 0.222. The normalized spacial score (nSPS) is 15.8. The van der Waals surface area contributed by atoms with Crippen LogP contribution in [0.4, 0.5) is 14.9 Å². The Morgan fingerprint density at radius 1 is 1.09 bits per heavy atom. The third kappa shape index (κ3) is 4.36. The highest BCUT2D eigenvalue weighted by molar-refractivity contribution is 6.30. The molecule has 4 aromatic rings. The van der Waals surface area contributed by atoms with Gasteiger partial charge >= 0.3 is 6.03 Å². The Kier molecular flexibility index (Phi) is 5.96. The van der Waals surface area contributed by atoms with Crippen LogP contribution >= 0.6 is 11.6 Å². The fourth-order valence-corrected chi connectivity index (χ4v) is 4.26. The molecule has 0 aliphatic carbocycles. The maximum atomic E-state index is 13.4. The molecule has 35 heavy (non-hydrogen) atoms. The van der Waals surface area contributed by atoms with Crippen molar-refractivity contribution in [1.29, 1.82) is 0 Å². The van der Waals surface area contributed by atoms with Crippen LogP contribution < -0.4 is 15.0 Å². The second kappa shape index (κ2) is 9.23. The van der Waals surface area contributed by atoms with E-state index in [2.05, 4.69) is 15.5 Å². The summed E-state index contributed by atoms with van der Waals surface area (Å²) in [5.74, 6) is 0.772. The average Bonchev–Trinajstić information content (AvgIpc) is 3.34. The minimum Gasteiger partial charge on any atom is -0.497 e. The fraction of sp³-hybridized carbons (Fsp3) is 0.115. The van der Waals surface area contributed by atoms with E-state index in [-0.39, 0.29) is 17.7 Å². The third-order valence-electron chi connectivity index (χ3n) is 5.74. The van der Waals surface area contributed by atoms with Gasteiger partial charge in [0.2, 0.25) is 5.82 Å². The van der Waals surface area contributed by atoms with Crippen LogP contribution in [0.15, 0.2) is 83.0 Å². The molecule has 1 aliphatic heterocycles. The lowest BCUT2D eigenvalue weighted by Crippen LogP contribution is -2.46. The number of methoxy groups -OCH3 is 1. The van der Waals surface area contributed by atoms with Gasteiger partial charge in [0, 0.05) is 22.3 Å². The Balaban J connectivity index is 1.66. The van der Waals surface area contributed by atoms with Crippen molar-refractivity contribution in [2.75, 3.05) is 12.0 Å². The number of hydrogen-bond donors (Lipinski definition) is 1. The van der Waals surface area contributed by atoms with Gasteiger partial charge in [-0.1, -0.05) is 35.0 Å². The van der Waals surface area contributed by atoms with Crippen molar-refractivity contribution in [3.63, 3.8) is 0 Å². The van der Waals surface area contributed by atoms with Crippen molar-refractivity contribution in [2.24, 2.45) is 0 Å². The number of hydrogen-bond acceptors (Lipinski definition) is 5. The Hall–Kier alpha value is -4.17. The SMILES string of the molecule is COc1cccc(N2C(=O)NC(c3cccc(Cl)c3)C(c3nc(-c4ccc(F)cc4)no3)=C2C)c1. The van der Waals surface area contributed by atoms with Crippen molar-refractivity contribution in [1.82, 2.24) is 15.5 Å². The first-order valence-corrected chi connectivity index (χ1v) is 11.1. The van der Waals surface area contributed by atoms with Gasteiger partial charge in [0.1, 0.15) is 11.6 Å². The van der Waals surface area contributed by atoms with Crippen LogP contribution in [0.2, 0.25) is 5.02 Å². The van der Waals surface area contributed by atoms with Crippen molar-refractivity contribution in [3.8, 4) is 17.1 Å². The minimum atomic E-state index is -0.593. The predicted molar refractivity (Wildman–Crippen MR) is 130 cm³/mol. The van der Waals surface area contributed by atoms with Crippen molar-refractivity contribution < 1.29 is 18.4 Å². The van der Waals surface area contributed by atoms with Crippen molar-refractivity contribution in [3.05, 3.63) is 101 Å². The van der Waals surface area contributed by atoms with Crippen LogP contribution in [0.3, 0.4) is 0 Å². The van der Waals surface area contributed by atoms with Crippen molar-refractivity contribution in [2.45, 2.75) is 13.0 Å². The number of benzene rings is 3. The molecule has 1 aliphatic rings. The number of ether oxygens (including phenoxy) is 1.